The molecule has 1 aliphatic heterocycles. The second-order valence-corrected chi connectivity index (χ2v) is 5.97. The standard InChI is InChI=1S/C17H32O2/c1-5-6-7-8-9-10-11-12-16-15(3)17(18-4)14(2)13-19-16/h11-12,14-17H,5-10,13H2,1-4H3/t14-,15-,16+,17+/m0/s1. The van der Waals surface area contributed by atoms with Gasteiger partial charge in [0.25, 0.3) is 0 Å². The van der Waals surface area contributed by atoms with Crippen LogP contribution in [0.1, 0.15) is 59.3 Å². The van der Waals surface area contributed by atoms with Crippen LogP contribution >= 0.6 is 0 Å². The highest BCUT2D eigenvalue weighted by molar-refractivity contribution is 4.97. The van der Waals surface area contributed by atoms with Crippen molar-refractivity contribution in [3.8, 4) is 0 Å². The number of methoxy groups -OCH3 is 1. The fourth-order valence-electron chi connectivity index (χ4n) is 2.99. The van der Waals surface area contributed by atoms with E-state index in [4.69, 9.17) is 9.47 Å². The van der Waals surface area contributed by atoms with E-state index in [0.717, 1.165) is 6.61 Å². The Balaban J connectivity index is 2.24. The van der Waals surface area contributed by atoms with Gasteiger partial charge in [-0.25, -0.2) is 0 Å². The van der Waals surface area contributed by atoms with Crippen LogP contribution in [-0.4, -0.2) is 25.9 Å². The van der Waals surface area contributed by atoms with Gasteiger partial charge in [0, 0.05) is 18.9 Å². The average molecular weight is 268 g/mol. The summed E-state index contributed by atoms with van der Waals surface area (Å²) in [5.41, 5.74) is 0. The molecule has 0 N–H and O–H groups in total. The molecular weight excluding hydrogens is 236 g/mol. The molecule has 0 aromatic heterocycles. The van der Waals surface area contributed by atoms with Crippen LogP contribution in [0.15, 0.2) is 12.2 Å². The predicted molar refractivity (Wildman–Crippen MR) is 81.4 cm³/mol. The van der Waals surface area contributed by atoms with Crippen molar-refractivity contribution in [3.05, 3.63) is 12.2 Å². The molecule has 0 radical (unpaired) electrons. The first-order valence-electron chi connectivity index (χ1n) is 8.01. The molecule has 0 amide bonds. The topological polar surface area (TPSA) is 18.5 Å². The SMILES string of the molecule is CCCCCCCC=C[C@H]1OC[C@H](C)[C@@H](OC)[C@H]1C. The van der Waals surface area contributed by atoms with Crippen molar-refractivity contribution in [1.29, 1.82) is 0 Å². The van der Waals surface area contributed by atoms with Crippen molar-refractivity contribution in [2.75, 3.05) is 13.7 Å². The van der Waals surface area contributed by atoms with Crippen LogP contribution in [0.4, 0.5) is 0 Å². The molecule has 0 bridgehead atoms. The maximum Gasteiger partial charge on any atom is 0.0806 e. The lowest BCUT2D eigenvalue weighted by Gasteiger charge is -2.38. The van der Waals surface area contributed by atoms with Gasteiger partial charge >= 0.3 is 0 Å². The van der Waals surface area contributed by atoms with Crippen molar-refractivity contribution in [3.63, 3.8) is 0 Å². The lowest BCUT2D eigenvalue weighted by Crippen LogP contribution is -2.43. The molecule has 1 rings (SSSR count). The molecule has 0 aromatic rings. The van der Waals surface area contributed by atoms with E-state index in [9.17, 15) is 0 Å². The Bertz CT molecular complexity index is 250. The summed E-state index contributed by atoms with van der Waals surface area (Å²) >= 11 is 0. The Morgan fingerprint density at radius 3 is 2.58 bits per heavy atom. The number of ether oxygens (including phenoxy) is 2. The third-order valence-electron chi connectivity index (χ3n) is 4.22. The monoisotopic (exact) mass is 268 g/mol. The summed E-state index contributed by atoms with van der Waals surface area (Å²) in [7, 11) is 1.82. The van der Waals surface area contributed by atoms with Gasteiger partial charge in [0.15, 0.2) is 0 Å². The highest BCUT2D eigenvalue weighted by Gasteiger charge is 2.34. The molecule has 1 aliphatic rings. The van der Waals surface area contributed by atoms with E-state index in [1.54, 1.807) is 0 Å². The Kier molecular flexibility index (Phi) is 8.40. The summed E-state index contributed by atoms with van der Waals surface area (Å²) in [4.78, 5) is 0. The third kappa shape index (κ3) is 5.66. The number of hydrogen-bond acceptors (Lipinski definition) is 2. The van der Waals surface area contributed by atoms with Crippen molar-refractivity contribution >= 4 is 0 Å². The molecule has 2 nitrogen and oxygen atoms in total. The Morgan fingerprint density at radius 1 is 1.16 bits per heavy atom. The highest BCUT2D eigenvalue weighted by atomic mass is 16.5. The zero-order valence-corrected chi connectivity index (χ0v) is 13.2. The van der Waals surface area contributed by atoms with Crippen molar-refractivity contribution < 1.29 is 9.47 Å². The molecule has 1 saturated heterocycles. The third-order valence-corrected chi connectivity index (χ3v) is 4.22. The largest absolute Gasteiger partial charge is 0.381 e. The fraction of sp³-hybridized carbons (Fsp3) is 0.882. The Hall–Kier alpha value is -0.340. The van der Waals surface area contributed by atoms with Gasteiger partial charge in [-0.15, -0.1) is 0 Å². The molecule has 0 spiro atoms. The van der Waals surface area contributed by atoms with E-state index < -0.39 is 0 Å². The molecule has 0 aromatic carbocycles. The number of allylic oxidation sites excluding steroid dienone is 1. The van der Waals surface area contributed by atoms with E-state index in [1.807, 2.05) is 7.11 Å². The molecular formula is C17H32O2. The molecule has 2 heteroatoms. The summed E-state index contributed by atoms with van der Waals surface area (Å²) in [5.74, 6) is 0.948. The van der Waals surface area contributed by atoms with Gasteiger partial charge < -0.3 is 9.47 Å². The summed E-state index contributed by atoms with van der Waals surface area (Å²) in [6.07, 6.45) is 13.0. The Labute approximate surface area is 119 Å². The van der Waals surface area contributed by atoms with E-state index in [0.29, 0.717) is 17.9 Å². The maximum absolute atomic E-state index is 5.91. The number of rotatable bonds is 8. The maximum atomic E-state index is 5.91. The quantitative estimate of drug-likeness (QED) is 0.473. The molecule has 19 heavy (non-hydrogen) atoms. The summed E-state index contributed by atoms with van der Waals surface area (Å²) in [6.45, 7) is 7.52. The normalized spacial score (nSPS) is 32.0. The van der Waals surface area contributed by atoms with Crippen LogP contribution in [-0.2, 0) is 9.47 Å². The summed E-state index contributed by atoms with van der Waals surface area (Å²) in [6, 6.07) is 0. The Morgan fingerprint density at radius 2 is 1.89 bits per heavy atom. The second kappa shape index (κ2) is 9.55. The number of hydrogen-bond donors (Lipinski definition) is 0. The van der Waals surface area contributed by atoms with Gasteiger partial charge in [0.1, 0.15) is 0 Å². The molecule has 4 atom stereocenters. The van der Waals surface area contributed by atoms with Gasteiger partial charge in [-0.05, 0) is 12.8 Å². The number of unbranched alkanes of at least 4 members (excludes halogenated alkanes) is 5. The van der Waals surface area contributed by atoms with E-state index >= 15 is 0 Å². The fourth-order valence-corrected chi connectivity index (χ4v) is 2.99. The summed E-state index contributed by atoms with van der Waals surface area (Å²) < 4.78 is 11.5. The van der Waals surface area contributed by atoms with Gasteiger partial charge in [0.2, 0.25) is 0 Å². The van der Waals surface area contributed by atoms with Crippen LogP contribution in [0.3, 0.4) is 0 Å². The molecule has 0 saturated carbocycles. The molecule has 112 valence electrons. The lowest BCUT2D eigenvalue weighted by atomic mass is 9.86. The van der Waals surface area contributed by atoms with Crippen LogP contribution in [0.5, 0.6) is 0 Å². The molecule has 1 heterocycles. The highest BCUT2D eigenvalue weighted by Crippen LogP contribution is 2.28. The van der Waals surface area contributed by atoms with Crippen LogP contribution in [0, 0.1) is 11.8 Å². The van der Waals surface area contributed by atoms with Crippen LogP contribution in [0.2, 0.25) is 0 Å². The van der Waals surface area contributed by atoms with Gasteiger partial charge in [-0.1, -0.05) is 58.6 Å². The van der Waals surface area contributed by atoms with E-state index in [1.165, 1.54) is 38.5 Å². The van der Waals surface area contributed by atoms with E-state index in [2.05, 4.69) is 32.9 Å². The first-order chi connectivity index (χ1) is 9.20. The minimum Gasteiger partial charge on any atom is -0.381 e. The van der Waals surface area contributed by atoms with Gasteiger partial charge in [0.05, 0.1) is 18.8 Å². The minimum atomic E-state index is 0.233. The van der Waals surface area contributed by atoms with Gasteiger partial charge in [-0.2, -0.15) is 0 Å². The minimum absolute atomic E-state index is 0.233. The van der Waals surface area contributed by atoms with Crippen molar-refractivity contribution in [2.24, 2.45) is 11.8 Å². The van der Waals surface area contributed by atoms with Crippen LogP contribution in [0.25, 0.3) is 0 Å². The molecule has 0 unspecified atom stereocenters. The first-order valence-corrected chi connectivity index (χ1v) is 8.01. The van der Waals surface area contributed by atoms with Crippen molar-refractivity contribution in [2.45, 2.75) is 71.5 Å². The second-order valence-electron chi connectivity index (χ2n) is 5.97. The lowest BCUT2D eigenvalue weighted by molar-refractivity contribution is -0.113. The van der Waals surface area contributed by atoms with Gasteiger partial charge in [-0.3, -0.25) is 0 Å². The van der Waals surface area contributed by atoms with Crippen LogP contribution < -0.4 is 0 Å². The zero-order chi connectivity index (χ0) is 14.1. The first kappa shape index (κ1) is 16.7. The van der Waals surface area contributed by atoms with E-state index in [-0.39, 0.29) is 6.10 Å². The molecule has 0 aliphatic carbocycles. The predicted octanol–water partition coefficient (Wildman–Crippen LogP) is 4.59. The smallest absolute Gasteiger partial charge is 0.0806 e. The molecule has 1 fully saturated rings. The summed E-state index contributed by atoms with van der Waals surface area (Å²) in [5, 5.41) is 0. The van der Waals surface area contributed by atoms with Crippen molar-refractivity contribution in [1.82, 2.24) is 0 Å². The zero-order valence-electron chi connectivity index (χ0n) is 13.2. The average Bonchev–Trinajstić information content (AvgIpc) is 2.40.